The van der Waals surface area contributed by atoms with Crippen molar-refractivity contribution < 1.29 is 0 Å². The summed E-state index contributed by atoms with van der Waals surface area (Å²) in [6.45, 7) is 13.3. The van der Waals surface area contributed by atoms with Gasteiger partial charge in [-0.05, 0) is 31.9 Å². The normalized spacial score (nSPS) is 13.0. The summed E-state index contributed by atoms with van der Waals surface area (Å²) in [6.07, 6.45) is 3.88. The molecule has 0 rings (SSSR count). The maximum Gasteiger partial charge on any atom is 0.0458 e. The average Bonchev–Trinajstić information content (AvgIpc) is 1.98. The highest BCUT2D eigenvalue weighted by molar-refractivity contribution is 6.32. The third-order valence-corrected chi connectivity index (χ3v) is 1.96. The minimum absolute atomic E-state index is 0.729. The first-order valence-electron chi connectivity index (χ1n) is 3.81. The Morgan fingerprint density at radius 2 is 1.58 bits per heavy atom. The average molecular weight is 183 g/mol. The van der Waals surface area contributed by atoms with Gasteiger partial charge in [0.05, 0.1) is 0 Å². The molecular formula is C11H15Cl. The smallest absolute Gasteiger partial charge is 0.0458 e. The van der Waals surface area contributed by atoms with Gasteiger partial charge in [-0.1, -0.05) is 42.5 Å². The van der Waals surface area contributed by atoms with Gasteiger partial charge in [0, 0.05) is 5.03 Å². The molecule has 0 radical (unpaired) electrons. The van der Waals surface area contributed by atoms with Crippen LogP contribution in [0.1, 0.15) is 20.8 Å². The Bertz CT molecular complexity index is 254. The Morgan fingerprint density at radius 1 is 1.08 bits per heavy atom. The van der Waals surface area contributed by atoms with Gasteiger partial charge in [0.2, 0.25) is 0 Å². The Balaban J connectivity index is 4.58. The van der Waals surface area contributed by atoms with Gasteiger partial charge in [0.1, 0.15) is 0 Å². The monoisotopic (exact) mass is 182 g/mol. The molecule has 0 aliphatic rings. The van der Waals surface area contributed by atoms with Gasteiger partial charge in [-0.15, -0.1) is 0 Å². The van der Waals surface area contributed by atoms with Crippen LogP contribution in [0.25, 0.3) is 0 Å². The first kappa shape index (κ1) is 11.2. The summed E-state index contributed by atoms with van der Waals surface area (Å²) >= 11 is 5.95. The van der Waals surface area contributed by atoms with Crippen LogP contribution < -0.4 is 0 Å². The van der Waals surface area contributed by atoms with Gasteiger partial charge < -0.3 is 0 Å². The van der Waals surface area contributed by atoms with Crippen molar-refractivity contribution in [1.29, 1.82) is 0 Å². The zero-order chi connectivity index (χ0) is 9.72. The quantitative estimate of drug-likeness (QED) is 0.574. The highest BCUT2D eigenvalue weighted by atomic mass is 35.5. The lowest BCUT2D eigenvalue weighted by molar-refractivity contribution is 1.40. The number of hydrogen-bond donors (Lipinski definition) is 0. The molecule has 0 atom stereocenters. The van der Waals surface area contributed by atoms with Crippen LogP contribution in [-0.2, 0) is 0 Å². The van der Waals surface area contributed by atoms with E-state index < -0.39 is 0 Å². The highest BCUT2D eigenvalue weighted by Crippen LogP contribution is 2.18. The minimum atomic E-state index is 0.729. The highest BCUT2D eigenvalue weighted by Gasteiger charge is 1.95. The van der Waals surface area contributed by atoms with E-state index in [9.17, 15) is 0 Å². The molecule has 0 bridgehead atoms. The van der Waals surface area contributed by atoms with Gasteiger partial charge in [-0.2, -0.15) is 0 Å². The van der Waals surface area contributed by atoms with Crippen LogP contribution in [0.3, 0.4) is 0 Å². The van der Waals surface area contributed by atoms with E-state index in [0.29, 0.717) is 0 Å². The molecule has 12 heavy (non-hydrogen) atoms. The zero-order valence-electron chi connectivity index (χ0n) is 7.95. The Labute approximate surface area is 79.9 Å². The molecule has 0 saturated heterocycles. The van der Waals surface area contributed by atoms with Gasteiger partial charge in [0.15, 0.2) is 0 Å². The van der Waals surface area contributed by atoms with E-state index >= 15 is 0 Å². The molecule has 0 saturated carbocycles. The second-order valence-corrected chi connectivity index (χ2v) is 3.33. The van der Waals surface area contributed by atoms with Crippen LogP contribution in [-0.4, -0.2) is 0 Å². The van der Waals surface area contributed by atoms with E-state index in [-0.39, 0.29) is 0 Å². The van der Waals surface area contributed by atoms with Gasteiger partial charge in [0.25, 0.3) is 0 Å². The third kappa shape index (κ3) is 4.20. The van der Waals surface area contributed by atoms with E-state index in [4.69, 9.17) is 11.6 Å². The maximum absolute atomic E-state index is 5.95. The van der Waals surface area contributed by atoms with Crippen LogP contribution in [0.4, 0.5) is 0 Å². The summed E-state index contributed by atoms with van der Waals surface area (Å²) in [5.74, 6) is 0. The largest absolute Gasteiger partial charge is 0.0961 e. The van der Waals surface area contributed by atoms with Crippen molar-refractivity contribution in [2.45, 2.75) is 20.8 Å². The van der Waals surface area contributed by atoms with Gasteiger partial charge in [-0.25, -0.2) is 0 Å². The minimum Gasteiger partial charge on any atom is -0.0961 e. The van der Waals surface area contributed by atoms with Crippen molar-refractivity contribution in [2.75, 3.05) is 0 Å². The first-order chi connectivity index (χ1) is 5.45. The maximum atomic E-state index is 5.95. The molecule has 0 unspecified atom stereocenters. The summed E-state index contributed by atoms with van der Waals surface area (Å²) in [7, 11) is 0. The molecule has 0 N–H and O–H groups in total. The molecule has 0 aromatic carbocycles. The summed E-state index contributed by atoms with van der Waals surface area (Å²) in [4.78, 5) is 0. The molecule has 0 aromatic heterocycles. The fourth-order valence-corrected chi connectivity index (χ4v) is 0.740. The Hall–Kier alpha value is -0.750. The topological polar surface area (TPSA) is 0 Å². The van der Waals surface area contributed by atoms with E-state index in [1.165, 1.54) is 0 Å². The van der Waals surface area contributed by atoms with Crippen molar-refractivity contribution in [3.63, 3.8) is 0 Å². The van der Waals surface area contributed by atoms with E-state index in [0.717, 1.165) is 21.8 Å². The molecule has 0 fully saturated rings. The number of halogens is 1. The van der Waals surface area contributed by atoms with E-state index in [2.05, 4.69) is 13.2 Å². The molecule has 1 heteroatoms. The standard InChI is InChI=1S/C11H15Cl/c1-8(2)6-7-10(5)11(12)9(3)4/h6-7H,1,3H2,2,4-5H3/b7-6-,11-10+. The molecule has 0 aromatic rings. The molecule has 0 spiro atoms. The van der Waals surface area contributed by atoms with Crippen LogP contribution in [0.5, 0.6) is 0 Å². The third-order valence-electron chi connectivity index (χ3n) is 1.34. The second-order valence-electron chi connectivity index (χ2n) is 2.96. The zero-order valence-corrected chi connectivity index (χ0v) is 8.70. The lowest BCUT2D eigenvalue weighted by atomic mass is 10.1. The van der Waals surface area contributed by atoms with Gasteiger partial charge in [-0.3, -0.25) is 0 Å². The lowest BCUT2D eigenvalue weighted by Crippen LogP contribution is -1.78. The van der Waals surface area contributed by atoms with E-state index in [1.807, 2.05) is 32.9 Å². The summed E-state index contributed by atoms with van der Waals surface area (Å²) in [6, 6.07) is 0. The van der Waals surface area contributed by atoms with Crippen LogP contribution in [0, 0.1) is 0 Å². The van der Waals surface area contributed by atoms with Crippen molar-refractivity contribution in [3.05, 3.63) is 47.1 Å². The summed E-state index contributed by atoms with van der Waals surface area (Å²) in [5.41, 5.74) is 2.92. The van der Waals surface area contributed by atoms with Crippen LogP contribution in [0.2, 0.25) is 0 Å². The molecular weight excluding hydrogens is 168 g/mol. The fraction of sp³-hybridized carbons (Fsp3) is 0.273. The Kier molecular flexibility index (Phi) is 4.68. The summed E-state index contributed by atoms with van der Waals surface area (Å²) in [5, 5.41) is 0.729. The number of rotatable bonds is 3. The van der Waals surface area contributed by atoms with Gasteiger partial charge >= 0.3 is 0 Å². The molecule has 0 nitrogen and oxygen atoms in total. The van der Waals surface area contributed by atoms with Crippen molar-refractivity contribution in [1.82, 2.24) is 0 Å². The number of allylic oxidation sites excluding steroid dienone is 6. The van der Waals surface area contributed by atoms with Crippen LogP contribution in [0.15, 0.2) is 47.1 Å². The molecule has 0 amide bonds. The van der Waals surface area contributed by atoms with Crippen molar-refractivity contribution >= 4 is 11.6 Å². The molecule has 0 heterocycles. The predicted octanol–water partition coefficient (Wildman–Crippen LogP) is 4.21. The second kappa shape index (κ2) is 5.00. The van der Waals surface area contributed by atoms with Crippen molar-refractivity contribution in [2.24, 2.45) is 0 Å². The first-order valence-corrected chi connectivity index (χ1v) is 4.18. The molecule has 66 valence electrons. The molecule has 0 aliphatic carbocycles. The predicted molar refractivity (Wildman–Crippen MR) is 57.3 cm³/mol. The lowest BCUT2D eigenvalue weighted by Gasteiger charge is -1.99. The molecule has 0 aliphatic heterocycles. The SMILES string of the molecule is C=C(C)/C=C\C(C)=C(\Cl)C(=C)C. The van der Waals surface area contributed by atoms with Crippen LogP contribution >= 0.6 is 11.6 Å². The fourth-order valence-electron chi connectivity index (χ4n) is 0.677. The summed E-state index contributed by atoms with van der Waals surface area (Å²) < 4.78 is 0. The van der Waals surface area contributed by atoms with E-state index in [1.54, 1.807) is 0 Å². The van der Waals surface area contributed by atoms with Crippen molar-refractivity contribution in [3.8, 4) is 0 Å². The Morgan fingerprint density at radius 3 is 1.92 bits per heavy atom. The number of hydrogen-bond acceptors (Lipinski definition) is 0.